The third kappa shape index (κ3) is 1.51. The van der Waals surface area contributed by atoms with Crippen molar-refractivity contribution in [2.45, 2.75) is 12.8 Å². The molecule has 0 saturated carbocycles. The zero-order valence-corrected chi connectivity index (χ0v) is 8.43. The Morgan fingerprint density at radius 2 is 2.36 bits per heavy atom. The molecular formula is C10H9ClN2O. The summed E-state index contributed by atoms with van der Waals surface area (Å²) in [6, 6.07) is 5.38. The van der Waals surface area contributed by atoms with Crippen LogP contribution in [0.4, 0.5) is 0 Å². The highest BCUT2D eigenvalue weighted by Gasteiger charge is 2.04. The van der Waals surface area contributed by atoms with Crippen LogP contribution in [0, 0.1) is 0 Å². The van der Waals surface area contributed by atoms with Crippen molar-refractivity contribution in [1.82, 2.24) is 9.97 Å². The van der Waals surface area contributed by atoms with Crippen LogP contribution < -0.4 is 0 Å². The monoisotopic (exact) mass is 208 g/mol. The summed E-state index contributed by atoms with van der Waals surface area (Å²) in [5.74, 6) is 1.13. The van der Waals surface area contributed by atoms with Gasteiger partial charge in [-0.15, -0.1) is 11.6 Å². The molecule has 1 aromatic heterocycles. The van der Waals surface area contributed by atoms with Crippen LogP contribution in [0.25, 0.3) is 11.0 Å². The molecule has 0 aliphatic rings. The summed E-state index contributed by atoms with van der Waals surface area (Å²) in [5, 5.41) is 0. The van der Waals surface area contributed by atoms with Gasteiger partial charge in [-0.05, 0) is 25.1 Å². The van der Waals surface area contributed by atoms with Gasteiger partial charge in [-0.25, -0.2) is 4.98 Å². The van der Waals surface area contributed by atoms with E-state index in [1.807, 2.05) is 6.07 Å². The highest BCUT2D eigenvalue weighted by Crippen LogP contribution is 2.14. The van der Waals surface area contributed by atoms with Gasteiger partial charge in [0.2, 0.25) is 0 Å². The number of hydrogen-bond donors (Lipinski definition) is 1. The van der Waals surface area contributed by atoms with Crippen molar-refractivity contribution < 1.29 is 4.79 Å². The fraction of sp³-hybridized carbons (Fsp3) is 0.200. The van der Waals surface area contributed by atoms with Crippen molar-refractivity contribution in [2.75, 3.05) is 0 Å². The third-order valence-electron chi connectivity index (χ3n) is 2.06. The Kier molecular flexibility index (Phi) is 2.25. The van der Waals surface area contributed by atoms with E-state index in [1.165, 1.54) is 0 Å². The molecule has 0 bridgehead atoms. The molecule has 3 nitrogen and oxygen atoms in total. The predicted octanol–water partition coefficient (Wildman–Crippen LogP) is 2.50. The minimum absolute atomic E-state index is 0.0499. The summed E-state index contributed by atoms with van der Waals surface area (Å²) in [6.07, 6.45) is 0. The van der Waals surface area contributed by atoms with Gasteiger partial charge in [0.15, 0.2) is 5.78 Å². The van der Waals surface area contributed by atoms with E-state index < -0.39 is 0 Å². The Labute approximate surface area is 86.1 Å². The molecule has 1 N–H and O–H groups in total. The van der Waals surface area contributed by atoms with Gasteiger partial charge >= 0.3 is 0 Å². The summed E-state index contributed by atoms with van der Waals surface area (Å²) in [6.45, 7) is 1.54. The molecule has 1 heterocycles. The summed E-state index contributed by atoms with van der Waals surface area (Å²) >= 11 is 5.64. The van der Waals surface area contributed by atoms with Gasteiger partial charge in [-0.3, -0.25) is 4.79 Å². The van der Waals surface area contributed by atoms with Crippen LogP contribution >= 0.6 is 11.6 Å². The van der Waals surface area contributed by atoms with Crippen LogP contribution in [0.15, 0.2) is 18.2 Å². The second-order valence-electron chi connectivity index (χ2n) is 3.11. The number of hydrogen-bond acceptors (Lipinski definition) is 2. The van der Waals surface area contributed by atoms with Crippen molar-refractivity contribution in [3.8, 4) is 0 Å². The molecule has 0 aliphatic carbocycles. The number of Topliss-reactive ketones (excluding diaryl/α,β-unsaturated/α-hetero) is 1. The van der Waals surface area contributed by atoms with Gasteiger partial charge in [0.25, 0.3) is 0 Å². The number of halogens is 1. The molecule has 0 saturated heterocycles. The van der Waals surface area contributed by atoms with Crippen LogP contribution in [0.3, 0.4) is 0 Å². The Bertz CT molecular complexity index is 490. The fourth-order valence-electron chi connectivity index (χ4n) is 1.34. The van der Waals surface area contributed by atoms with Crippen molar-refractivity contribution in [3.05, 3.63) is 29.6 Å². The Balaban J connectivity index is 2.59. The second-order valence-corrected chi connectivity index (χ2v) is 3.37. The molecule has 0 unspecified atom stereocenters. The number of alkyl halides is 1. The third-order valence-corrected chi connectivity index (χ3v) is 2.32. The number of benzene rings is 1. The summed E-state index contributed by atoms with van der Waals surface area (Å²) in [4.78, 5) is 18.4. The fourth-order valence-corrected chi connectivity index (χ4v) is 1.47. The van der Waals surface area contributed by atoms with E-state index in [9.17, 15) is 4.79 Å². The first-order chi connectivity index (χ1) is 6.70. The van der Waals surface area contributed by atoms with Crippen molar-refractivity contribution in [3.63, 3.8) is 0 Å². The SMILES string of the molecule is CC(=O)c1ccc2nc(CCl)[nH]c2c1. The standard InChI is InChI=1S/C10H9ClN2O/c1-6(14)7-2-3-8-9(4-7)13-10(5-11)12-8/h2-4H,5H2,1H3,(H,12,13). The molecule has 14 heavy (non-hydrogen) atoms. The first-order valence-corrected chi connectivity index (χ1v) is 4.79. The highest BCUT2D eigenvalue weighted by atomic mass is 35.5. The number of imidazole rings is 1. The van der Waals surface area contributed by atoms with E-state index in [2.05, 4.69) is 9.97 Å². The lowest BCUT2D eigenvalue weighted by molar-refractivity contribution is 0.101. The quantitative estimate of drug-likeness (QED) is 0.609. The first kappa shape index (κ1) is 9.21. The molecule has 2 rings (SSSR count). The average molecular weight is 209 g/mol. The van der Waals surface area contributed by atoms with Gasteiger partial charge in [0, 0.05) is 5.56 Å². The number of H-pyrrole nitrogens is 1. The lowest BCUT2D eigenvalue weighted by atomic mass is 10.1. The maximum atomic E-state index is 11.1. The van der Waals surface area contributed by atoms with Crippen molar-refractivity contribution in [1.29, 1.82) is 0 Å². The average Bonchev–Trinajstić information content (AvgIpc) is 2.58. The molecule has 0 atom stereocenters. The minimum atomic E-state index is 0.0499. The van der Waals surface area contributed by atoms with Crippen LogP contribution in [0.5, 0.6) is 0 Å². The van der Waals surface area contributed by atoms with E-state index in [0.29, 0.717) is 11.4 Å². The van der Waals surface area contributed by atoms with Crippen LogP contribution in [0.1, 0.15) is 23.1 Å². The number of nitrogens with zero attached hydrogens (tertiary/aromatic N) is 1. The predicted molar refractivity (Wildman–Crippen MR) is 55.7 cm³/mol. The van der Waals surface area contributed by atoms with E-state index in [-0.39, 0.29) is 5.78 Å². The largest absolute Gasteiger partial charge is 0.341 e. The van der Waals surface area contributed by atoms with E-state index >= 15 is 0 Å². The van der Waals surface area contributed by atoms with Crippen molar-refractivity contribution in [2.24, 2.45) is 0 Å². The zero-order valence-electron chi connectivity index (χ0n) is 7.67. The summed E-state index contributed by atoms with van der Waals surface area (Å²) in [7, 11) is 0. The summed E-state index contributed by atoms with van der Waals surface area (Å²) < 4.78 is 0. The van der Waals surface area contributed by atoms with Gasteiger partial charge in [-0.2, -0.15) is 0 Å². The molecule has 0 aliphatic heterocycles. The van der Waals surface area contributed by atoms with Crippen LogP contribution in [-0.4, -0.2) is 15.8 Å². The maximum Gasteiger partial charge on any atom is 0.159 e. The van der Waals surface area contributed by atoms with Gasteiger partial charge in [0.1, 0.15) is 5.82 Å². The molecule has 0 spiro atoms. The minimum Gasteiger partial charge on any atom is -0.341 e. The number of ketones is 1. The number of rotatable bonds is 2. The van der Waals surface area contributed by atoms with E-state index in [1.54, 1.807) is 19.1 Å². The highest BCUT2D eigenvalue weighted by molar-refractivity contribution is 6.16. The Morgan fingerprint density at radius 3 is 3.00 bits per heavy atom. The number of aromatic nitrogens is 2. The number of fused-ring (bicyclic) bond motifs is 1. The van der Waals surface area contributed by atoms with Crippen LogP contribution in [0.2, 0.25) is 0 Å². The number of nitrogens with one attached hydrogen (secondary N) is 1. The van der Waals surface area contributed by atoms with Gasteiger partial charge in [0.05, 0.1) is 16.9 Å². The first-order valence-electron chi connectivity index (χ1n) is 4.26. The smallest absolute Gasteiger partial charge is 0.159 e. The second kappa shape index (κ2) is 3.42. The molecule has 4 heteroatoms. The number of aromatic amines is 1. The van der Waals surface area contributed by atoms with Gasteiger partial charge in [-0.1, -0.05) is 0 Å². The van der Waals surface area contributed by atoms with Crippen molar-refractivity contribution >= 4 is 28.4 Å². The topological polar surface area (TPSA) is 45.8 Å². The van der Waals surface area contributed by atoms with Gasteiger partial charge < -0.3 is 4.98 Å². The molecule has 1 aromatic carbocycles. The van der Waals surface area contributed by atoms with E-state index in [4.69, 9.17) is 11.6 Å². The van der Waals surface area contributed by atoms with E-state index in [0.717, 1.165) is 16.9 Å². The zero-order chi connectivity index (χ0) is 10.1. The maximum absolute atomic E-state index is 11.1. The van der Waals surface area contributed by atoms with Crippen LogP contribution in [-0.2, 0) is 5.88 Å². The summed E-state index contributed by atoms with van der Waals surface area (Å²) in [5.41, 5.74) is 2.38. The number of carbonyl (C=O) groups excluding carboxylic acids is 1. The Morgan fingerprint density at radius 1 is 1.57 bits per heavy atom. The molecule has 0 fully saturated rings. The normalized spacial score (nSPS) is 10.7. The lowest BCUT2D eigenvalue weighted by Crippen LogP contribution is -1.90. The lowest BCUT2D eigenvalue weighted by Gasteiger charge is -1.93. The molecule has 0 amide bonds. The molecule has 2 aromatic rings. The Hall–Kier alpha value is -1.35. The molecule has 0 radical (unpaired) electrons. The number of carbonyl (C=O) groups is 1. The molecule has 72 valence electrons. The molecular weight excluding hydrogens is 200 g/mol.